The Morgan fingerprint density at radius 2 is 1.74 bits per heavy atom. The molecule has 2 aromatic carbocycles. The van der Waals surface area contributed by atoms with Gasteiger partial charge in [0.25, 0.3) is 0 Å². The molecule has 2 amide bonds. The summed E-state index contributed by atoms with van der Waals surface area (Å²) in [6.45, 7) is 6.35. The lowest BCUT2D eigenvalue weighted by molar-refractivity contribution is 0.129. The molecule has 0 aliphatic heterocycles. The summed E-state index contributed by atoms with van der Waals surface area (Å²) in [5.74, 6) is 0.770. The Labute approximate surface area is 141 Å². The molecule has 23 heavy (non-hydrogen) atoms. The summed E-state index contributed by atoms with van der Waals surface area (Å²) >= 11 is 5.82. The Morgan fingerprint density at radius 3 is 2.39 bits per heavy atom. The standard InChI is InChI=1S/C18H21ClN2O2/c1-18(2,3)23-16-7-5-4-6-13(16)12-20-17(22)21-15-10-8-14(19)9-11-15/h4-11H,12H2,1-3H3,(H2,20,21,22). The molecule has 0 bridgehead atoms. The second-order valence-electron chi connectivity index (χ2n) is 6.14. The van der Waals surface area contributed by atoms with Gasteiger partial charge in [-0.3, -0.25) is 0 Å². The van der Waals surface area contributed by atoms with E-state index in [1.807, 2.05) is 45.0 Å². The van der Waals surface area contributed by atoms with Crippen LogP contribution < -0.4 is 15.4 Å². The largest absolute Gasteiger partial charge is 0.488 e. The van der Waals surface area contributed by atoms with Crippen LogP contribution in [0.5, 0.6) is 5.75 Å². The van der Waals surface area contributed by atoms with Crippen LogP contribution in [0.15, 0.2) is 48.5 Å². The molecular formula is C18H21ClN2O2. The van der Waals surface area contributed by atoms with Crippen LogP contribution in [0.3, 0.4) is 0 Å². The Kier molecular flexibility index (Phi) is 5.50. The summed E-state index contributed by atoms with van der Waals surface area (Å²) < 4.78 is 5.91. The number of benzene rings is 2. The quantitative estimate of drug-likeness (QED) is 0.841. The van der Waals surface area contributed by atoms with E-state index in [1.54, 1.807) is 24.3 Å². The van der Waals surface area contributed by atoms with E-state index >= 15 is 0 Å². The number of carbonyl (C=O) groups is 1. The van der Waals surface area contributed by atoms with Gasteiger partial charge in [0.05, 0.1) is 0 Å². The fourth-order valence-corrected chi connectivity index (χ4v) is 2.09. The van der Waals surface area contributed by atoms with Crippen molar-refractivity contribution in [2.24, 2.45) is 0 Å². The maximum Gasteiger partial charge on any atom is 0.319 e. The average Bonchev–Trinajstić information content (AvgIpc) is 2.47. The number of hydrogen-bond donors (Lipinski definition) is 2. The summed E-state index contributed by atoms with van der Waals surface area (Å²) in [4.78, 5) is 12.0. The maximum absolute atomic E-state index is 12.0. The zero-order valence-corrected chi connectivity index (χ0v) is 14.3. The van der Waals surface area contributed by atoms with Crippen LogP contribution in [0, 0.1) is 0 Å². The third-order valence-electron chi connectivity index (χ3n) is 2.93. The highest BCUT2D eigenvalue weighted by Gasteiger charge is 2.14. The molecular weight excluding hydrogens is 312 g/mol. The molecule has 0 aliphatic carbocycles. The van der Waals surface area contributed by atoms with Crippen LogP contribution in [-0.4, -0.2) is 11.6 Å². The van der Waals surface area contributed by atoms with Crippen molar-refractivity contribution in [1.82, 2.24) is 5.32 Å². The topological polar surface area (TPSA) is 50.4 Å². The molecule has 0 atom stereocenters. The highest BCUT2D eigenvalue weighted by molar-refractivity contribution is 6.30. The van der Waals surface area contributed by atoms with E-state index in [-0.39, 0.29) is 11.6 Å². The van der Waals surface area contributed by atoms with Gasteiger partial charge in [-0.15, -0.1) is 0 Å². The second kappa shape index (κ2) is 7.38. The fourth-order valence-electron chi connectivity index (χ4n) is 1.96. The Hall–Kier alpha value is -2.20. The van der Waals surface area contributed by atoms with Crippen molar-refractivity contribution < 1.29 is 9.53 Å². The lowest BCUT2D eigenvalue weighted by Gasteiger charge is -2.23. The fraction of sp³-hybridized carbons (Fsp3) is 0.278. The minimum absolute atomic E-state index is 0.280. The van der Waals surface area contributed by atoms with Gasteiger partial charge in [-0.1, -0.05) is 29.8 Å². The first kappa shape index (κ1) is 17.2. The molecule has 0 aliphatic rings. The van der Waals surface area contributed by atoms with Crippen LogP contribution in [0.25, 0.3) is 0 Å². The number of amides is 2. The summed E-state index contributed by atoms with van der Waals surface area (Å²) in [6, 6.07) is 14.3. The Morgan fingerprint density at radius 1 is 1.09 bits per heavy atom. The molecule has 0 unspecified atom stereocenters. The number of anilines is 1. The third kappa shape index (κ3) is 5.83. The molecule has 0 radical (unpaired) electrons. The molecule has 5 heteroatoms. The van der Waals surface area contributed by atoms with Crippen molar-refractivity contribution in [3.8, 4) is 5.75 Å². The van der Waals surface area contributed by atoms with E-state index in [0.717, 1.165) is 11.3 Å². The summed E-state index contributed by atoms with van der Waals surface area (Å²) in [5.41, 5.74) is 1.32. The number of halogens is 1. The highest BCUT2D eigenvalue weighted by Crippen LogP contribution is 2.22. The molecule has 122 valence electrons. The molecule has 2 aromatic rings. The van der Waals surface area contributed by atoms with Crippen LogP contribution in [0.4, 0.5) is 10.5 Å². The number of para-hydroxylation sites is 1. The van der Waals surface area contributed by atoms with Gasteiger partial charge in [0.2, 0.25) is 0 Å². The second-order valence-corrected chi connectivity index (χ2v) is 6.57. The average molecular weight is 333 g/mol. The van der Waals surface area contributed by atoms with Crippen LogP contribution in [0.1, 0.15) is 26.3 Å². The smallest absolute Gasteiger partial charge is 0.319 e. The van der Waals surface area contributed by atoms with Gasteiger partial charge in [0, 0.05) is 22.8 Å². The normalized spacial score (nSPS) is 11.0. The molecule has 0 aromatic heterocycles. The number of ether oxygens (including phenoxy) is 1. The number of rotatable bonds is 4. The lowest BCUT2D eigenvalue weighted by Crippen LogP contribution is -2.29. The first-order valence-electron chi connectivity index (χ1n) is 7.41. The Balaban J connectivity index is 1.95. The molecule has 2 rings (SSSR count). The summed E-state index contributed by atoms with van der Waals surface area (Å²) in [5, 5.41) is 6.21. The third-order valence-corrected chi connectivity index (χ3v) is 3.18. The van der Waals surface area contributed by atoms with Crippen molar-refractivity contribution in [2.45, 2.75) is 32.9 Å². The van der Waals surface area contributed by atoms with Gasteiger partial charge in [0.1, 0.15) is 11.4 Å². The molecule has 0 fully saturated rings. The lowest BCUT2D eigenvalue weighted by atomic mass is 10.1. The number of nitrogens with one attached hydrogen (secondary N) is 2. The molecule has 0 saturated carbocycles. The predicted octanol–water partition coefficient (Wildman–Crippen LogP) is 4.84. The van der Waals surface area contributed by atoms with Gasteiger partial charge in [-0.05, 0) is 51.1 Å². The van der Waals surface area contributed by atoms with Gasteiger partial charge < -0.3 is 15.4 Å². The first-order valence-corrected chi connectivity index (χ1v) is 7.79. The van der Waals surface area contributed by atoms with Crippen molar-refractivity contribution in [1.29, 1.82) is 0 Å². The number of carbonyl (C=O) groups excluding carboxylic acids is 1. The number of hydrogen-bond acceptors (Lipinski definition) is 2. The predicted molar refractivity (Wildman–Crippen MR) is 94.1 cm³/mol. The van der Waals surface area contributed by atoms with E-state index in [4.69, 9.17) is 16.3 Å². The van der Waals surface area contributed by atoms with Gasteiger partial charge in [-0.2, -0.15) is 0 Å². The zero-order chi connectivity index (χ0) is 16.9. The van der Waals surface area contributed by atoms with Crippen LogP contribution in [-0.2, 0) is 6.54 Å². The van der Waals surface area contributed by atoms with E-state index in [1.165, 1.54) is 0 Å². The maximum atomic E-state index is 12.0. The van der Waals surface area contributed by atoms with Gasteiger partial charge >= 0.3 is 6.03 Å². The Bertz CT molecular complexity index is 663. The van der Waals surface area contributed by atoms with Crippen molar-refractivity contribution in [3.63, 3.8) is 0 Å². The van der Waals surface area contributed by atoms with Gasteiger partial charge in [-0.25, -0.2) is 4.79 Å². The number of urea groups is 1. The molecule has 0 saturated heterocycles. The van der Waals surface area contributed by atoms with E-state index in [9.17, 15) is 4.79 Å². The van der Waals surface area contributed by atoms with Crippen molar-refractivity contribution in [2.75, 3.05) is 5.32 Å². The SMILES string of the molecule is CC(C)(C)Oc1ccccc1CNC(=O)Nc1ccc(Cl)cc1. The van der Waals surface area contributed by atoms with Crippen molar-refractivity contribution >= 4 is 23.3 Å². The molecule has 2 N–H and O–H groups in total. The molecule has 0 spiro atoms. The minimum Gasteiger partial charge on any atom is -0.488 e. The molecule has 4 nitrogen and oxygen atoms in total. The zero-order valence-electron chi connectivity index (χ0n) is 13.5. The van der Waals surface area contributed by atoms with Crippen LogP contribution in [0.2, 0.25) is 5.02 Å². The summed E-state index contributed by atoms with van der Waals surface area (Å²) in [6.07, 6.45) is 0. The summed E-state index contributed by atoms with van der Waals surface area (Å²) in [7, 11) is 0. The van der Waals surface area contributed by atoms with E-state index < -0.39 is 0 Å². The molecule has 0 heterocycles. The highest BCUT2D eigenvalue weighted by atomic mass is 35.5. The first-order chi connectivity index (χ1) is 10.8. The van der Waals surface area contributed by atoms with E-state index in [0.29, 0.717) is 17.3 Å². The minimum atomic E-state index is -0.290. The monoisotopic (exact) mass is 332 g/mol. The van der Waals surface area contributed by atoms with Gasteiger partial charge in [0.15, 0.2) is 0 Å². The van der Waals surface area contributed by atoms with Crippen molar-refractivity contribution in [3.05, 3.63) is 59.1 Å². The van der Waals surface area contributed by atoms with E-state index in [2.05, 4.69) is 10.6 Å². The van der Waals surface area contributed by atoms with Crippen LogP contribution >= 0.6 is 11.6 Å².